The summed E-state index contributed by atoms with van der Waals surface area (Å²) in [6, 6.07) is 0. The van der Waals surface area contributed by atoms with E-state index in [2.05, 4.69) is 9.69 Å². The van der Waals surface area contributed by atoms with Crippen LogP contribution in [0.15, 0.2) is 0 Å². The first-order valence-electron chi connectivity index (χ1n) is 2.14. The van der Waals surface area contributed by atoms with Crippen molar-refractivity contribution in [1.29, 1.82) is 0 Å². The molecule has 0 heterocycles. The molecular formula is C2H5BF3LiO4. The first-order valence-corrected chi connectivity index (χ1v) is 2.14. The van der Waals surface area contributed by atoms with Crippen molar-refractivity contribution in [3.05, 3.63) is 0 Å². The average molecular weight is 168 g/mol. The van der Waals surface area contributed by atoms with Crippen LogP contribution in [-0.4, -0.2) is 30.2 Å². The van der Waals surface area contributed by atoms with Crippen molar-refractivity contribution >= 4 is 7.32 Å². The number of alkyl halides is 3. The van der Waals surface area contributed by atoms with E-state index in [1.54, 1.807) is 0 Å². The fraction of sp³-hybridized carbons (Fsp3) is 1.00. The molecule has 62 valence electrons. The van der Waals surface area contributed by atoms with Gasteiger partial charge in [-0.2, -0.15) is 0 Å². The van der Waals surface area contributed by atoms with Gasteiger partial charge in [0.1, 0.15) is 0 Å². The second-order valence-corrected chi connectivity index (χ2v) is 1.20. The first-order chi connectivity index (χ1) is 4.54. The van der Waals surface area contributed by atoms with Crippen molar-refractivity contribution in [2.45, 2.75) is 12.8 Å². The Bertz CT molecular complexity index is 100. The summed E-state index contributed by atoms with van der Waals surface area (Å²) in [6.07, 6.45) is -6.35. The normalized spacial score (nSPS) is 12.5. The Morgan fingerprint density at radius 2 is 1.73 bits per heavy atom. The smallest absolute Gasteiger partial charge is 1.00 e. The Labute approximate surface area is 74.1 Å². The molecule has 0 fully saturated rings. The molecule has 11 heavy (non-hydrogen) atoms. The van der Waals surface area contributed by atoms with E-state index in [9.17, 15) is 13.2 Å². The summed E-state index contributed by atoms with van der Waals surface area (Å²) in [5, 5.41) is 15.6. The summed E-state index contributed by atoms with van der Waals surface area (Å²) in [7, 11) is -2.42. The Kier molecular flexibility index (Phi) is 8.78. The second-order valence-electron chi connectivity index (χ2n) is 1.20. The van der Waals surface area contributed by atoms with E-state index < -0.39 is 20.1 Å². The van der Waals surface area contributed by atoms with Crippen molar-refractivity contribution in [3.8, 4) is 0 Å². The van der Waals surface area contributed by atoms with Crippen LogP contribution in [0.3, 0.4) is 0 Å². The molecule has 0 rings (SSSR count). The summed E-state index contributed by atoms with van der Waals surface area (Å²) < 4.78 is 33.8. The van der Waals surface area contributed by atoms with E-state index in [1.165, 1.54) is 0 Å². The summed E-state index contributed by atoms with van der Waals surface area (Å²) in [6.45, 7) is 0. The molecule has 0 aliphatic carbocycles. The van der Waals surface area contributed by atoms with E-state index in [0.29, 0.717) is 0 Å². The van der Waals surface area contributed by atoms with E-state index in [1.807, 2.05) is 0 Å². The standard InChI is InChI=1S/C2H4BF3O4.Li.H/c4-1(5)2(6)9-10-3(7)8;;/h1-2,7-8H;;/q;+1;-1. The molecule has 0 amide bonds. The fourth-order valence-electron chi connectivity index (χ4n) is 0.145. The third-order valence-corrected chi connectivity index (χ3v) is 0.432. The van der Waals surface area contributed by atoms with Gasteiger partial charge in [0.05, 0.1) is 0 Å². The topological polar surface area (TPSA) is 58.9 Å². The molecule has 9 heteroatoms. The molecule has 0 radical (unpaired) electrons. The van der Waals surface area contributed by atoms with Crippen LogP contribution in [0.5, 0.6) is 0 Å². The third-order valence-electron chi connectivity index (χ3n) is 0.432. The van der Waals surface area contributed by atoms with Crippen LogP contribution in [0.1, 0.15) is 1.43 Å². The van der Waals surface area contributed by atoms with Crippen molar-refractivity contribution in [2.24, 2.45) is 0 Å². The Balaban J connectivity index is -0.000000405. The second kappa shape index (κ2) is 6.97. The van der Waals surface area contributed by atoms with Crippen LogP contribution in [0, 0.1) is 0 Å². The van der Waals surface area contributed by atoms with Crippen molar-refractivity contribution in [1.82, 2.24) is 0 Å². The molecule has 4 nitrogen and oxygen atoms in total. The van der Waals surface area contributed by atoms with Gasteiger partial charge < -0.3 is 11.5 Å². The maximum Gasteiger partial charge on any atom is 1.00 e. The van der Waals surface area contributed by atoms with Crippen LogP contribution in [0.2, 0.25) is 0 Å². The molecule has 0 aliphatic heterocycles. The molecular weight excluding hydrogens is 163 g/mol. The van der Waals surface area contributed by atoms with Gasteiger partial charge in [0.2, 0.25) is 0 Å². The molecule has 1 atom stereocenters. The Morgan fingerprint density at radius 1 is 1.27 bits per heavy atom. The zero-order chi connectivity index (χ0) is 8.15. The molecule has 1 unspecified atom stereocenters. The molecule has 0 aromatic rings. The van der Waals surface area contributed by atoms with Gasteiger partial charge in [0.15, 0.2) is 0 Å². The van der Waals surface area contributed by atoms with Gasteiger partial charge >= 0.3 is 26.2 Å². The maximum absolute atomic E-state index is 11.6. The number of hydrogen-bond acceptors (Lipinski definition) is 4. The van der Waals surface area contributed by atoms with Crippen LogP contribution in [0.25, 0.3) is 0 Å². The van der Waals surface area contributed by atoms with Gasteiger partial charge in [0, 0.05) is 0 Å². The predicted octanol–water partition coefficient (Wildman–Crippen LogP) is -3.42. The molecule has 0 aliphatic rings. The third kappa shape index (κ3) is 8.20. The summed E-state index contributed by atoms with van der Waals surface area (Å²) in [5.41, 5.74) is 0. The number of rotatable bonds is 4. The molecule has 0 spiro atoms. The van der Waals surface area contributed by atoms with Crippen molar-refractivity contribution in [2.75, 3.05) is 0 Å². The van der Waals surface area contributed by atoms with E-state index in [4.69, 9.17) is 10.0 Å². The summed E-state index contributed by atoms with van der Waals surface area (Å²) >= 11 is 0. The largest absolute Gasteiger partial charge is 1.00 e. The SMILES string of the molecule is OB(O)OOC(F)C(F)F.[H-].[Li+]. The molecule has 0 saturated heterocycles. The molecule has 0 saturated carbocycles. The quantitative estimate of drug-likeness (QED) is 0.260. The Hall–Kier alpha value is 0.292. The molecule has 0 bridgehead atoms. The van der Waals surface area contributed by atoms with Crippen LogP contribution >= 0.6 is 0 Å². The van der Waals surface area contributed by atoms with Crippen molar-refractivity contribution in [3.63, 3.8) is 0 Å². The van der Waals surface area contributed by atoms with Crippen LogP contribution in [0.4, 0.5) is 13.2 Å². The minimum Gasteiger partial charge on any atom is -1.00 e. The van der Waals surface area contributed by atoms with Gasteiger partial charge in [-0.3, -0.25) is 0 Å². The minimum absolute atomic E-state index is 0. The van der Waals surface area contributed by atoms with Gasteiger partial charge in [-0.25, -0.2) is 22.9 Å². The van der Waals surface area contributed by atoms with E-state index >= 15 is 0 Å². The minimum atomic E-state index is -3.38. The zero-order valence-corrected chi connectivity index (χ0v) is 5.58. The van der Waals surface area contributed by atoms with Gasteiger partial charge in [-0.15, -0.1) is 0 Å². The van der Waals surface area contributed by atoms with Gasteiger partial charge in [-0.05, 0) is 0 Å². The van der Waals surface area contributed by atoms with Crippen LogP contribution in [-0.2, 0) is 9.69 Å². The number of hydrogen-bond donors (Lipinski definition) is 2. The van der Waals surface area contributed by atoms with E-state index in [0.717, 1.165) is 0 Å². The van der Waals surface area contributed by atoms with E-state index in [-0.39, 0.29) is 20.3 Å². The monoisotopic (exact) mass is 168 g/mol. The molecule has 2 N–H and O–H groups in total. The predicted molar refractivity (Wildman–Crippen MR) is 24.4 cm³/mol. The summed E-state index contributed by atoms with van der Waals surface area (Å²) in [5.74, 6) is 0. The fourth-order valence-corrected chi connectivity index (χ4v) is 0.145. The summed E-state index contributed by atoms with van der Waals surface area (Å²) in [4.78, 5) is 6.37. The molecule has 0 aromatic carbocycles. The molecule has 0 aromatic heterocycles. The zero-order valence-electron chi connectivity index (χ0n) is 6.58. The van der Waals surface area contributed by atoms with Gasteiger partial charge in [0.25, 0.3) is 12.8 Å². The van der Waals surface area contributed by atoms with Crippen LogP contribution < -0.4 is 18.9 Å². The maximum atomic E-state index is 11.6. The average Bonchev–Trinajstić information content (AvgIpc) is 1.82. The Morgan fingerprint density at radius 3 is 2.00 bits per heavy atom. The number of halogens is 3. The van der Waals surface area contributed by atoms with Gasteiger partial charge in [-0.1, -0.05) is 0 Å². The first kappa shape index (κ1) is 13.9. The van der Waals surface area contributed by atoms with Crippen molar-refractivity contribution < 1.29 is 53.2 Å².